The van der Waals surface area contributed by atoms with E-state index in [4.69, 9.17) is 0 Å². The molecule has 0 aliphatic carbocycles. The van der Waals surface area contributed by atoms with Gasteiger partial charge in [-0.1, -0.05) is 0 Å². The molecule has 0 saturated heterocycles. The van der Waals surface area contributed by atoms with Gasteiger partial charge in [-0.25, -0.2) is 0 Å². The van der Waals surface area contributed by atoms with E-state index >= 15 is 0 Å². The van der Waals surface area contributed by atoms with Crippen LogP contribution in [0.4, 0.5) is 18.9 Å². The van der Waals surface area contributed by atoms with Gasteiger partial charge in [0.05, 0.1) is 5.41 Å². The molecule has 6 heteroatoms. The number of carbonyl (C=O) groups is 1. The monoisotopic (exact) mass is 245 g/mol. The van der Waals surface area contributed by atoms with Crippen molar-refractivity contribution in [1.29, 1.82) is 0 Å². The highest BCUT2D eigenvalue weighted by atomic mass is 19.4. The molecule has 0 aromatic heterocycles. The lowest BCUT2D eigenvalue weighted by molar-refractivity contribution is -0.274. The highest BCUT2D eigenvalue weighted by molar-refractivity contribution is 6.05. The van der Waals surface area contributed by atoms with Gasteiger partial charge in [0.2, 0.25) is 5.91 Å². The summed E-state index contributed by atoms with van der Waals surface area (Å²) in [6, 6.07) is 3.82. The van der Waals surface area contributed by atoms with Crippen molar-refractivity contribution in [1.82, 2.24) is 0 Å². The van der Waals surface area contributed by atoms with Gasteiger partial charge >= 0.3 is 6.36 Å². The van der Waals surface area contributed by atoms with E-state index in [2.05, 4.69) is 10.1 Å². The predicted octanol–water partition coefficient (Wildman–Crippen LogP) is 2.81. The zero-order valence-electron chi connectivity index (χ0n) is 9.18. The van der Waals surface area contributed by atoms with Crippen molar-refractivity contribution in [3.05, 3.63) is 23.8 Å². The second-order valence-electron chi connectivity index (χ2n) is 4.33. The van der Waals surface area contributed by atoms with E-state index in [0.29, 0.717) is 11.3 Å². The maximum absolute atomic E-state index is 12.1. The first-order chi connectivity index (χ1) is 7.70. The summed E-state index contributed by atoms with van der Waals surface area (Å²) in [6.45, 7) is 3.29. The number of nitrogens with one attached hydrogen (secondary N) is 1. The van der Waals surface area contributed by atoms with Gasteiger partial charge in [0.15, 0.2) is 0 Å². The third kappa shape index (κ3) is 2.07. The van der Waals surface area contributed by atoms with Gasteiger partial charge in [0.25, 0.3) is 0 Å². The lowest BCUT2D eigenvalue weighted by Gasteiger charge is -2.16. The zero-order chi connectivity index (χ0) is 12.8. The average molecular weight is 245 g/mol. The molecule has 0 unspecified atom stereocenters. The number of benzene rings is 1. The molecule has 1 aliphatic rings. The Bertz CT molecular complexity index is 480. The normalized spacial score (nSPS) is 17.6. The fraction of sp³-hybridized carbons (Fsp3) is 0.364. The number of alkyl halides is 3. The fourth-order valence-corrected chi connectivity index (χ4v) is 1.75. The average Bonchev–Trinajstić information content (AvgIpc) is 2.37. The Morgan fingerprint density at radius 2 is 1.94 bits per heavy atom. The Kier molecular flexibility index (Phi) is 2.34. The summed E-state index contributed by atoms with van der Waals surface area (Å²) < 4.78 is 40.0. The van der Waals surface area contributed by atoms with Crippen LogP contribution in [0.2, 0.25) is 0 Å². The summed E-state index contributed by atoms with van der Waals surface area (Å²) in [7, 11) is 0. The molecule has 1 N–H and O–H groups in total. The Balaban J connectivity index is 2.39. The number of amides is 1. The molecule has 0 spiro atoms. The standard InChI is InChI=1S/C11H10F3NO2/c1-10(2)7-5-6(17-11(12,13)14)3-4-8(7)15-9(10)16/h3-5H,1-2H3,(H,15,16). The van der Waals surface area contributed by atoms with Crippen LogP contribution in [-0.4, -0.2) is 12.3 Å². The molecule has 3 nitrogen and oxygen atoms in total. The van der Waals surface area contributed by atoms with E-state index in [1.54, 1.807) is 13.8 Å². The maximum atomic E-state index is 12.1. The SMILES string of the molecule is CC1(C)C(=O)Nc2ccc(OC(F)(F)F)cc21. The largest absolute Gasteiger partial charge is 0.573 e. The van der Waals surface area contributed by atoms with Gasteiger partial charge in [-0.2, -0.15) is 0 Å². The van der Waals surface area contributed by atoms with Gasteiger partial charge < -0.3 is 10.1 Å². The van der Waals surface area contributed by atoms with Crippen LogP contribution in [0.25, 0.3) is 0 Å². The number of ether oxygens (including phenoxy) is 1. The van der Waals surface area contributed by atoms with E-state index in [-0.39, 0.29) is 11.7 Å². The number of anilines is 1. The van der Waals surface area contributed by atoms with Crippen molar-refractivity contribution in [3.63, 3.8) is 0 Å². The van der Waals surface area contributed by atoms with Gasteiger partial charge in [-0.15, -0.1) is 13.2 Å². The molecule has 0 radical (unpaired) electrons. The van der Waals surface area contributed by atoms with E-state index in [0.717, 1.165) is 0 Å². The second kappa shape index (κ2) is 3.38. The van der Waals surface area contributed by atoms with Crippen LogP contribution in [0, 0.1) is 0 Å². The van der Waals surface area contributed by atoms with Gasteiger partial charge in [0.1, 0.15) is 5.75 Å². The number of carbonyl (C=O) groups excluding carboxylic acids is 1. The van der Waals surface area contributed by atoms with E-state index < -0.39 is 11.8 Å². The lowest BCUT2D eigenvalue weighted by Crippen LogP contribution is -2.27. The number of hydrogen-bond donors (Lipinski definition) is 1. The number of halogens is 3. The molecule has 17 heavy (non-hydrogen) atoms. The fourth-order valence-electron chi connectivity index (χ4n) is 1.75. The molecule has 0 saturated carbocycles. The Morgan fingerprint density at radius 1 is 1.29 bits per heavy atom. The highest BCUT2D eigenvalue weighted by Gasteiger charge is 2.39. The van der Waals surface area contributed by atoms with Crippen LogP contribution in [-0.2, 0) is 10.2 Å². The molecule has 1 heterocycles. The summed E-state index contributed by atoms with van der Waals surface area (Å²) in [4.78, 5) is 11.6. The smallest absolute Gasteiger partial charge is 0.406 e. The van der Waals surface area contributed by atoms with Crippen molar-refractivity contribution >= 4 is 11.6 Å². The molecular weight excluding hydrogens is 235 g/mol. The van der Waals surface area contributed by atoms with E-state index in [9.17, 15) is 18.0 Å². The molecule has 0 fully saturated rings. The molecule has 0 bridgehead atoms. The van der Waals surface area contributed by atoms with Gasteiger partial charge in [-0.05, 0) is 37.6 Å². The van der Waals surface area contributed by atoms with E-state index in [1.165, 1.54) is 18.2 Å². The summed E-state index contributed by atoms with van der Waals surface area (Å²) in [5, 5.41) is 2.60. The Labute approximate surface area is 95.6 Å². The van der Waals surface area contributed by atoms with Crippen molar-refractivity contribution in [3.8, 4) is 5.75 Å². The Hall–Kier alpha value is -1.72. The first kappa shape index (κ1) is 11.8. The van der Waals surface area contributed by atoms with Crippen LogP contribution in [0.5, 0.6) is 5.75 Å². The molecule has 1 aliphatic heterocycles. The predicted molar refractivity (Wildman–Crippen MR) is 54.8 cm³/mol. The zero-order valence-corrected chi connectivity index (χ0v) is 9.18. The van der Waals surface area contributed by atoms with Crippen molar-refractivity contribution in [2.75, 3.05) is 5.32 Å². The maximum Gasteiger partial charge on any atom is 0.573 e. The summed E-state index contributed by atoms with van der Waals surface area (Å²) in [5.41, 5.74) is 0.180. The third-order valence-electron chi connectivity index (χ3n) is 2.71. The first-order valence-corrected chi connectivity index (χ1v) is 4.92. The summed E-state index contributed by atoms with van der Waals surface area (Å²) >= 11 is 0. The van der Waals surface area contributed by atoms with Crippen molar-refractivity contribution in [2.24, 2.45) is 0 Å². The Morgan fingerprint density at radius 3 is 2.53 bits per heavy atom. The summed E-state index contributed by atoms with van der Waals surface area (Å²) in [6.07, 6.45) is -4.73. The molecule has 1 aromatic carbocycles. The molecule has 1 amide bonds. The topological polar surface area (TPSA) is 38.3 Å². The van der Waals surface area contributed by atoms with Gasteiger partial charge in [-0.3, -0.25) is 4.79 Å². The quantitative estimate of drug-likeness (QED) is 0.826. The van der Waals surface area contributed by atoms with E-state index in [1.807, 2.05) is 0 Å². The van der Waals surface area contributed by atoms with Crippen LogP contribution < -0.4 is 10.1 Å². The molecule has 2 rings (SSSR count). The van der Waals surface area contributed by atoms with Crippen LogP contribution in [0.15, 0.2) is 18.2 Å². The summed E-state index contributed by atoms with van der Waals surface area (Å²) in [5.74, 6) is -0.558. The van der Waals surface area contributed by atoms with Crippen molar-refractivity contribution in [2.45, 2.75) is 25.6 Å². The van der Waals surface area contributed by atoms with Crippen LogP contribution >= 0.6 is 0 Å². The molecule has 92 valence electrons. The number of hydrogen-bond acceptors (Lipinski definition) is 2. The number of fused-ring (bicyclic) bond motifs is 1. The minimum absolute atomic E-state index is 0.239. The lowest BCUT2D eigenvalue weighted by atomic mass is 9.86. The van der Waals surface area contributed by atoms with Crippen molar-refractivity contribution < 1.29 is 22.7 Å². The number of rotatable bonds is 1. The first-order valence-electron chi connectivity index (χ1n) is 4.92. The third-order valence-corrected chi connectivity index (χ3v) is 2.71. The second-order valence-corrected chi connectivity index (χ2v) is 4.33. The van der Waals surface area contributed by atoms with Gasteiger partial charge in [0, 0.05) is 5.69 Å². The van der Waals surface area contributed by atoms with Crippen LogP contribution in [0.3, 0.4) is 0 Å². The molecule has 0 atom stereocenters. The highest BCUT2D eigenvalue weighted by Crippen LogP contribution is 2.39. The van der Waals surface area contributed by atoms with Crippen LogP contribution in [0.1, 0.15) is 19.4 Å². The molecule has 1 aromatic rings. The minimum atomic E-state index is -4.73. The minimum Gasteiger partial charge on any atom is -0.406 e. The molecular formula is C11H10F3NO2.